The second-order valence-corrected chi connectivity index (χ2v) is 13.9. The molecule has 1 aliphatic carbocycles. The third kappa shape index (κ3) is 10.1. The lowest BCUT2D eigenvalue weighted by Crippen LogP contribution is -2.52. The SMILES string of the molecule is NCCCC[C@H](CC(=O)[C@@H]1C[C@@H](OCc2ccccc2)CN1C(=O)[C@@H](CCc1ccccc1)NC(=O)OCC1CC1)C(=O)c1nc2ccccc2o1. The Morgan fingerprint density at radius 1 is 0.904 bits per heavy atom. The van der Waals surface area contributed by atoms with Gasteiger partial charge < -0.3 is 29.8 Å². The quantitative estimate of drug-likeness (QED) is 0.0877. The van der Waals surface area contributed by atoms with Crippen molar-refractivity contribution in [1.82, 2.24) is 15.2 Å². The highest BCUT2D eigenvalue weighted by atomic mass is 16.5. The normalized spacial score (nSPS) is 18.2. The molecule has 2 amide bonds. The lowest BCUT2D eigenvalue weighted by Gasteiger charge is -2.29. The van der Waals surface area contributed by atoms with E-state index in [0.717, 1.165) is 24.0 Å². The maximum Gasteiger partial charge on any atom is 0.407 e. The van der Waals surface area contributed by atoms with Gasteiger partial charge in [0, 0.05) is 25.3 Å². The van der Waals surface area contributed by atoms with Gasteiger partial charge in [0.2, 0.25) is 11.7 Å². The summed E-state index contributed by atoms with van der Waals surface area (Å²) in [5.41, 5.74) is 8.82. The number of nitrogens with zero attached hydrogens (tertiary/aromatic N) is 2. The highest BCUT2D eigenvalue weighted by molar-refractivity contribution is 6.00. The molecular formula is C41H48N4O7. The van der Waals surface area contributed by atoms with E-state index in [2.05, 4.69) is 10.3 Å². The monoisotopic (exact) mass is 708 g/mol. The summed E-state index contributed by atoms with van der Waals surface area (Å²) in [5, 5.41) is 2.82. The minimum atomic E-state index is -0.934. The summed E-state index contributed by atoms with van der Waals surface area (Å²) in [6.45, 7) is 1.25. The van der Waals surface area contributed by atoms with Crippen molar-refractivity contribution in [2.45, 2.75) is 82.6 Å². The Bertz CT molecular complexity index is 1760. The fraction of sp³-hybridized carbons (Fsp3) is 0.439. The van der Waals surface area contributed by atoms with Gasteiger partial charge in [0.05, 0.1) is 25.4 Å². The first-order chi connectivity index (χ1) is 25.4. The number of ketones is 2. The van der Waals surface area contributed by atoms with E-state index < -0.39 is 30.2 Å². The van der Waals surface area contributed by atoms with Crippen molar-refractivity contribution in [3.63, 3.8) is 0 Å². The van der Waals surface area contributed by atoms with E-state index in [1.165, 1.54) is 4.90 Å². The van der Waals surface area contributed by atoms with E-state index in [1.54, 1.807) is 18.2 Å². The number of rotatable bonds is 19. The number of nitrogens with two attached hydrogens (primary N) is 1. The molecule has 3 aromatic carbocycles. The molecule has 0 spiro atoms. The smallest absolute Gasteiger partial charge is 0.407 e. The highest BCUT2D eigenvalue weighted by Gasteiger charge is 2.43. The molecule has 2 aliphatic rings. The van der Waals surface area contributed by atoms with Crippen molar-refractivity contribution in [2.75, 3.05) is 19.7 Å². The molecule has 0 radical (unpaired) electrons. The number of amides is 2. The maximum atomic E-state index is 14.5. The van der Waals surface area contributed by atoms with Gasteiger partial charge in [-0.25, -0.2) is 9.78 Å². The first kappa shape index (κ1) is 36.9. The summed E-state index contributed by atoms with van der Waals surface area (Å²) in [7, 11) is 0. The van der Waals surface area contributed by atoms with Crippen LogP contribution in [0.2, 0.25) is 0 Å². The molecule has 0 bridgehead atoms. The molecule has 11 heteroatoms. The second-order valence-electron chi connectivity index (χ2n) is 13.9. The summed E-state index contributed by atoms with van der Waals surface area (Å²) in [6.07, 6.45) is 3.72. The van der Waals surface area contributed by atoms with E-state index >= 15 is 0 Å². The van der Waals surface area contributed by atoms with Crippen LogP contribution in [0, 0.1) is 11.8 Å². The Morgan fingerprint density at radius 3 is 2.33 bits per heavy atom. The number of likely N-dealkylation sites (tertiary alicyclic amines) is 1. The van der Waals surface area contributed by atoms with Crippen molar-refractivity contribution in [3.05, 3.63) is 102 Å². The molecule has 2 heterocycles. The number of aryl methyl sites for hydroxylation is 1. The average molecular weight is 709 g/mol. The van der Waals surface area contributed by atoms with Gasteiger partial charge in [0.1, 0.15) is 11.6 Å². The van der Waals surface area contributed by atoms with Gasteiger partial charge in [-0.05, 0) is 74.2 Å². The number of para-hydroxylation sites is 2. The van der Waals surface area contributed by atoms with Gasteiger partial charge >= 0.3 is 6.09 Å². The lowest BCUT2D eigenvalue weighted by atomic mass is 9.89. The molecule has 2 fully saturated rings. The summed E-state index contributed by atoms with van der Waals surface area (Å²) in [6, 6.07) is 24.8. The van der Waals surface area contributed by atoms with Crippen LogP contribution in [0.25, 0.3) is 11.1 Å². The standard InChI is InChI=1S/C41H48N4O7/c42-22-10-9-15-31(38(47)39-43-33-16-7-8-17-37(33)52-39)23-36(46)35-24-32(50-26-29-13-5-2-6-14-29)25-45(35)40(48)34(21-20-28-11-3-1-4-12-28)44-41(49)51-27-30-18-19-30/h1-8,11-14,16-17,30-32,34-35H,9-10,15,18-27,42H2,(H,44,49)/t31-,32-,34-,35+/m1/s1. The Balaban J connectivity index is 1.22. The number of unbranched alkanes of at least 4 members (excludes halogenated alkanes) is 1. The van der Waals surface area contributed by atoms with Crippen molar-refractivity contribution in [1.29, 1.82) is 0 Å². The van der Waals surface area contributed by atoms with Crippen molar-refractivity contribution < 1.29 is 33.1 Å². The van der Waals surface area contributed by atoms with Crippen LogP contribution in [0.3, 0.4) is 0 Å². The number of hydrogen-bond acceptors (Lipinski definition) is 9. The number of oxazole rings is 1. The van der Waals surface area contributed by atoms with Crippen molar-refractivity contribution in [3.8, 4) is 0 Å². The highest BCUT2D eigenvalue weighted by Crippen LogP contribution is 2.30. The minimum Gasteiger partial charge on any atom is -0.449 e. The number of nitrogens with one attached hydrogen (secondary N) is 1. The molecule has 1 aromatic heterocycles. The van der Waals surface area contributed by atoms with Crippen LogP contribution in [0.15, 0.2) is 89.3 Å². The second kappa shape index (κ2) is 18.1. The van der Waals surface area contributed by atoms with Crippen molar-refractivity contribution >= 4 is 34.7 Å². The molecule has 1 saturated heterocycles. The lowest BCUT2D eigenvalue weighted by molar-refractivity contribution is -0.139. The number of benzene rings is 3. The zero-order chi connectivity index (χ0) is 36.3. The van der Waals surface area contributed by atoms with Gasteiger partial charge in [-0.15, -0.1) is 0 Å². The molecule has 4 atom stereocenters. The number of carbonyl (C=O) groups is 4. The third-order valence-electron chi connectivity index (χ3n) is 9.88. The number of Topliss-reactive ketones (excluding diaryl/α,β-unsaturated/α-hetero) is 2. The number of ether oxygens (including phenoxy) is 2. The molecule has 52 heavy (non-hydrogen) atoms. The average Bonchev–Trinajstić information content (AvgIpc) is 3.74. The van der Waals surface area contributed by atoms with Crippen LogP contribution in [0.1, 0.15) is 73.2 Å². The van der Waals surface area contributed by atoms with Crippen LogP contribution in [0.4, 0.5) is 4.79 Å². The number of fused-ring (bicyclic) bond motifs is 1. The predicted octanol–water partition coefficient (Wildman–Crippen LogP) is 6.04. The Kier molecular flexibility index (Phi) is 12.8. The van der Waals surface area contributed by atoms with Gasteiger partial charge in [0.25, 0.3) is 5.89 Å². The van der Waals surface area contributed by atoms with Gasteiger partial charge in [-0.1, -0.05) is 79.2 Å². The molecule has 3 N–H and O–H groups in total. The Labute approximate surface area is 304 Å². The summed E-state index contributed by atoms with van der Waals surface area (Å²) >= 11 is 0. The zero-order valence-corrected chi connectivity index (χ0v) is 29.5. The summed E-state index contributed by atoms with van der Waals surface area (Å²) in [5.74, 6) is -1.37. The molecule has 4 aromatic rings. The van der Waals surface area contributed by atoms with E-state index in [4.69, 9.17) is 19.6 Å². The third-order valence-corrected chi connectivity index (χ3v) is 9.88. The number of carbonyl (C=O) groups excluding carboxylic acids is 4. The Morgan fingerprint density at radius 2 is 1.62 bits per heavy atom. The fourth-order valence-electron chi connectivity index (χ4n) is 6.72. The summed E-state index contributed by atoms with van der Waals surface area (Å²) in [4.78, 5) is 61.6. The summed E-state index contributed by atoms with van der Waals surface area (Å²) < 4.78 is 17.6. The fourth-order valence-corrected chi connectivity index (χ4v) is 6.72. The van der Waals surface area contributed by atoms with E-state index in [0.29, 0.717) is 68.9 Å². The molecule has 1 aliphatic heterocycles. The van der Waals surface area contributed by atoms with E-state index in [-0.39, 0.29) is 42.8 Å². The minimum absolute atomic E-state index is 0.0370. The number of aromatic nitrogens is 1. The van der Waals surface area contributed by atoms with E-state index in [9.17, 15) is 19.2 Å². The number of alkyl carbamates (subject to hydrolysis) is 1. The molecule has 1 saturated carbocycles. The van der Waals surface area contributed by atoms with Crippen molar-refractivity contribution in [2.24, 2.45) is 17.6 Å². The largest absolute Gasteiger partial charge is 0.449 e. The number of hydrogen-bond donors (Lipinski definition) is 2. The van der Waals surface area contributed by atoms with Crippen LogP contribution in [0.5, 0.6) is 0 Å². The Hall–Kier alpha value is -4.87. The topological polar surface area (TPSA) is 154 Å². The van der Waals surface area contributed by atoms with Gasteiger partial charge in [-0.3, -0.25) is 14.4 Å². The van der Waals surface area contributed by atoms with Crippen LogP contribution in [-0.4, -0.2) is 71.3 Å². The molecule has 11 nitrogen and oxygen atoms in total. The predicted molar refractivity (Wildman–Crippen MR) is 195 cm³/mol. The zero-order valence-electron chi connectivity index (χ0n) is 29.5. The molecular weight excluding hydrogens is 660 g/mol. The van der Waals surface area contributed by atoms with Crippen LogP contribution in [-0.2, 0) is 32.1 Å². The first-order valence-corrected chi connectivity index (χ1v) is 18.4. The first-order valence-electron chi connectivity index (χ1n) is 18.4. The molecule has 6 rings (SSSR count). The van der Waals surface area contributed by atoms with Gasteiger partial charge in [0.15, 0.2) is 11.4 Å². The maximum absolute atomic E-state index is 14.5. The van der Waals surface area contributed by atoms with Crippen LogP contribution >= 0.6 is 0 Å². The van der Waals surface area contributed by atoms with E-state index in [1.807, 2.05) is 66.7 Å². The van der Waals surface area contributed by atoms with Crippen LogP contribution < -0.4 is 11.1 Å². The molecule has 0 unspecified atom stereocenters. The van der Waals surface area contributed by atoms with Gasteiger partial charge in [-0.2, -0.15) is 0 Å². The molecule has 274 valence electrons.